The SMILES string of the molecule is O=C(Nc1cccc(Cc2ccccc2)c1)c1n[nH]c2ccc(-c3cncc(CN4CCCC4)c3)cc12. The molecule has 2 N–H and O–H groups in total. The van der Waals surface area contributed by atoms with Crippen molar-refractivity contribution in [3.8, 4) is 11.1 Å². The Bertz CT molecular complexity index is 1540. The first-order valence-corrected chi connectivity index (χ1v) is 12.8. The summed E-state index contributed by atoms with van der Waals surface area (Å²) >= 11 is 0. The molecule has 1 aliphatic heterocycles. The van der Waals surface area contributed by atoms with Crippen molar-refractivity contribution in [3.63, 3.8) is 0 Å². The van der Waals surface area contributed by atoms with Crippen LogP contribution in [0.4, 0.5) is 5.69 Å². The van der Waals surface area contributed by atoms with Crippen molar-refractivity contribution in [1.29, 1.82) is 0 Å². The lowest BCUT2D eigenvalue weighted by atomic mass is 10.0. The van der Waals surface area contributed by atoms with E-state index in [0.717, 1.165) is 59.3 Å². The van der Waals surface area contributed by atoms with Gasteiger partial charge in [0.1, 0.15) is 0 Å². The maximum absolute atomic E-state index is 13.2. The number of nitrogens with one attached hydrogen (secondary N) is 2. The summed E-state index contributed by atoms with van der Waals surface area (Å²) < 4.78 is 0. The van der Waals surface area contributed by atoms with Crippen LogP contribution in [0.3, 0.4) is 0 Å². The normalized spacial score (nSPS) is 13.7. The zero-order chi connectivity index (χ0) is 25.0. The molecule has 3 heterocycles. The zero-order valence-electron chi connectivity index (χ0n) is 20.7. The van der Waals surface area contributed by atoms with Gasteiger partial charge in [-0.2, -0.15) is 5.10 Å². The van der Waals surface area contributed by atoms with E-state index in [-0.39, 0.29) is 5.91 Å². The van der Waals surface area contributed by atoms with Crippen LogP contribution in [-0.4, -0.2) is 39.1 Å². The smallest absolute Gasteiger partial charge is 0.276 e. The average molecular weight is 488 g/mol. The lowest BCUT2D eigenvalue weighted by molar-refractivity contribution is 0.102. The number of aromatic amines is 1. The number of carbonyl (C=O) groups is 1. The number of amides is 1. The molecule has 0 spiro atoms. The number of likely N-dealkylation sites (tertiary alicyclic amines) is 1. The summed E-state index contributed by atoms with van der Waals surface area (Å²) in [5, 5.41) is 11.2. The van der Waals surface area contributed by atoms with Gasteiger partial charge < -0.3 is 5.32 Å². The zero-order valence-corrected chi connectivity index (χ0v) is 20.7. The highest BCUT2D eigenvalue weighted by Gasteiger charge is 2.16. The predicted octanol–water partition coefficient (Wildman–Crippen LogP) is 6.06. The number of carbonyl (C=O) groups excluding carboxylic acids is 1. The second-order valence-electron chi connectivity index (χ2n) is 9.71. The fourth-order valence-electron chi connectivity index (χ4n) is 5.08. The van der Waals surface area contributed by atoms with E-state index < -0.39 is 0 Å². The van der Waals surface area contributed by atoms with Gasteiger partial charge in [0, 0.05) is 35.6 Å². The number of hydrogen-bond acceptors (Lipinski definition) is 4. The highest BCUT2D eigenvalue weighted by Crippen LogP contribution is 2.27. The second kappa shape index (κ2) is 10.4. The molecule has 0 bridgehead atoms. The molecule has 6 nitrogen and oxygen atoms in total. The summed E-state index contributed by atoms with van der Waals surface area (Å²) in [5.74, 6) is -0.235. The minimum Gasteiger partial charge on any atom is -0.321 e. The van der Waals surface area contributed by atoms with E-state index >= 15 is 0 Å². The van der Waals surface area contributed by atoms with Crippen LogP contribution < -0.4 is 5.32 Å². The number of fused-ring (bicyclic) bond motifs is 1. The minimum atomic E-state index is -0.235. The van der Waals surface area contributed by atoms with Crippen molar-refractivity contribution >= 4 is 22.5 Å². The van der Waals surface area contributed by atoms with E-state index in [1.807, 2.05) is 67.0 Å². The van der Waals surface area contributed by atoms with E-state index in [1.165, 1.54) is 24.0 Å². The van der Waals surface area contributed by atoms with Gasteiger partial charge in [-0.15, -0.1) is 0 Å². The van der Waals surface area contributed by atoms with E-state index in [0.29, 0.717) is 5.69 Å². The van der Waals surface area contributed by atoms with E-state index in [2.05, 4.69) is 49.7 Å². The predicted molar refractivity (Wildman–Crippen MR) is 147 cm³/mol. The third-order valence-corrected chi connectivity index (χ3v) is 6.95. The van der Waals surface area contributed by atoms with Crippen LogP contribution in [-0.2, 0) is 13.0 Å². The molecule has 6 rings (SSSR count). The van der Waals surface area contributed by atoms with Crippen LogP contribution >= 0.6 is 0 Å². The third-order valence-electron chi connectivity index (χ3n) is 6.95. The summed E-state index contributed by atoms with van der Waals surface area (Å²) in [6.07, 6.45) is 7.18. The summed E-state index contributed by atoms with van der Waals surface area (Å²) in [7, 11) is 0. The number of nitrogens with zero attached hydrogens (tertiary/aromatic N) is 3. The van der Waals surface area contributed by atoms with Crippen molar-refractivity contribution in [2.75, 3.05) is 18.4 Å². The van der Waals surface area contributed by atoms with Crippen LogP contribution in [0, 0.1) is 0 Å². The van der Waals surface area contributed by atoms with E-state index in [1.54, 1.807) is 0 Å². The molecule has 6 heteroatoms. The maximum Gasteiger partial charge on any atom is 0.276 e. The highest BCUT2D eigenvalue weighted by molar-refractivity contribution is 6.11. The van der Waals surface area contributed by atoms with Crippen molar-refractivity contribution in [2.45, 2.75) is 25.8 Å². The molecule has 1 aliphatic rings. The van der Waals surface area contributed by atoms with Gasteiger partial charge in [-0.3, -0.25) is 19.8 Å². The second-order valence-corrected chi connectivity index (χ2v) is 9.71. The van der Waals surface area contributed by atoms with Crippen LogP contribution in [0.25, 0.3) is 22.0 Å². The Hall–Kier alpha value is -4.29. The molecular formula is C31H29N5O. The largest absolute Gasteiger partial charge is 0.321 e. The van der Waals surface area contributed by atoms with Crippen molar-refractivity contribution in [1.82, 2.24) is 20.1 Å². The molecule has 0 unspecified atom stereocenters. The molecule has 0 atom stereocenters. The summed E-state index contributed by atoms with van der Waals surface area (Å²) in [5.41, 5.74) is 7.60. The van der Waals surface area contributed by atoms with Crippen molar-refractivity contribution in [3.05, 3.63) is 114 Å². The highest BCUT2D eigenvalue weighted by atomic mass is 16.1. The first kappa shape index (κ1) is 23.1. The monoisotopic (exact) mass is 487 g/mol. The Balaban J connectivity index is 1.22. The van der Waals surface area contributed by atoms with Crippen LogP contribution in [0.2, 0.25) is 0 Å². The molecule has 2 aromatic heterocycles. The van der Waals surface area contributed by atoms with Crippen LogP contribution in [0.1, 0.15) is 40.0 Å². The Morgan fingerprint density at radius 2 is 1.68 bits per heavy atom. The molecule has 0 radical (unpaired) electrons. The molecular weight excluding hydrogens is 458 g/mol. The first-order valence-electron chi connectivity index (χ1n) is 12.8. The van der Waals surface area contributed by atoms with Gasteiger partial charge >= 0.3 is 0 Å². The standard InChI is InChI=1S/C31H29N5O/c37-31(33-27-10-6-9-23(17-27)15-22-7-2-1-3-8-22)30-28-18-25(11-12-29(28)34-35-30)26-16-24(19-32-20-26)21-36-13-4-5-14-36/h1-3,6-12,16-20H,4-5,13-15,21H2,(H,33,37)(H,34,35). The molecule has 1 saturated heterocycles. The maximum atomic E-state index is 13.2. The lowest BCUT2D eigenvalue weighted by Crippen LogP contribution is -2.18. The topological polar surface area (TPSA) is 73.9 Å². The van der Waals surface area contributed by atoms with Crippen molar-refractivity contribution < 1.29 is 4.79 Å². The van der Waals surface area contributed by atoms with E-state index in [4.69, 9.17) is 0 Å². The van der Waals surface area contributed by atoms with Gasteiger partial charge in [0.25, 0.3) is 5.91 Å². The van der Waals surface area contributed by atoms with Gasteiger partial charge in [0.15, 0.2) is 5.69 Å². The molecule has 1 amide bonds. The Labute approximate surface area is 216 Å². The van der Waals surface area contributed by atoms with Crippen LogP contribution in [0.5, 0.6) is 0 Å². The molecule has 0 saturated carbocycles. The lowest BCUT2D eigenvalue weighted by Gasteiger charge is -2.14. The first-order chi connectivity index (χ1) is 18.2. The number of rotatable bonds is 7. The molecule has 37 heavy (non-hydrogen) atoms. The van der Waals surface area contributed by atoms with Crippen LogP contribution in [0.15, 0.2) is 91.3 Å². The number of aromatic nitrogens is 3. The number of H-pyrrole nitrogens is 1. The molecule has 3 aromatic carbocycles. The molecule has 184 valence electrons. The minimum absolute atomic E-state index is 0.235. The summed E-state index contributed by atoms with van der Waals surface area (Å²) in [6, 6.07) is 26.5. The molecule has 0 aliphatic carbocycles. The Morgan fingerprint density at radius 3 is 2.54 bits per heavy atom. The van der Waals surface area contributed by atoms with Crippen molar-refractivity contribution in [2.24, 2.45) is 0 Å². The Morgan fingerprint density at radius 1 is 0.838 bits per heavy atom. The van der Waals surface area contributed by atoms with Gasteiger partial charge in [0.05, 0.1) is 5.52 Å². The number of hydrogen-bond donors (Lipinski definition) is 2. The fourth-order valence-corrected chi connectivity index (χ4v) is 5.08. The van der Waals surface area contributed by atoms with Gasteiger partial charge in [0.2, 0.25) is 0 Å². The average Bonchev–Trinajstić information content (AvgIpc) is 3.59. The van der Waals surface area contributed by atoms with Gasteiger partial charge in [-0.1, -0.05) is 48.5 Å². The summed E-state index contributed by atoms with van der Waals surface area (Å²) in [4.78, 5) is 20.2. The third kappa shape index (κ3) is 5.29. The number of pyridine rings is 1. The molecule has 5 aromatic rings. The number of benzene rings is 3. The molecule has 1 fully saturated rings. The Kier molecular flexibility index (Phi) is 6.48. The fraction of sp³-hybridized carbons (Fsp3) is 0.194. The van der Waals surface area contributed by atoms with Gasteiger partial charge in [-0.05, 0) is 84.9 Å². The van der Waals surface area contributed by atoms with E-state index in [9.17, 15) is 4.79 Å². The quantitative estimate of drug-likeness (QED) is 0.292. The number of anilines is 1. The van der Waals surface area contributed by atoms with Gasteiger partial charge in [-0.25, -0.2) is 0 Å². The summed E-state index contributed by atoms with van der Waals surface area (Å²) in [6.45, 7) is 3.23.